The van der Waals surface area contributed by atoms with E-state index in [4.69, 9.17) is 19.8 Å². The highest BCUT2D eigenvalue weighted by Crippen LogP contribution is 2.30. The van der Waals surface area contributed by atoms with Crippen molar-refractivity contribution in [1.29, 1.82) is 0 Å². The van der Waals surface area contributed by atoms with Crippen LogP contribution >= 0.6 is 0 Å². The van der Waals surface area contributed by atoms with Gasteiger partial charge in [0.05, 0.1) is 24.6 Å². The minimum atomic E-state index is 0.634. The van der Waals surface area contributed by atoms with Gasteiger partial charge in [0.1, 0.15) is 5.82 Å². The lowest BCUT2D eigenvalue weighted by atomic mass is 10.1. The van der Waals surface area contributed by atoms with Crippen LogP contribution in [0.5, 0.6) is 0 Å². The minimum Gasteiger partial charge on any atom is -0.378 e. The molecule has 2 aromatic heterocycles. The van der Waals surface area contributed by atoms with E-state index in [0.717, 1.165) is 62.2 Å². The molecule has 1 saturated heterocycles. The molecule has 4 heterocycles. The minimum absolute atomic E-state index is 0.634. The number of ether oxygens (including phenoxy) is 1. The quantitative estimate of drug-likeness (QED) is 0.700. The summed E-state index contributed by atoms with van der Waals surface area (Å²) in [5, 5.41) is 4.76. The predicted molar refractivity (Wildman–Crippen MR) is 108 cm³/mol. The van der Waals surface area contributed by atoms with Crippen molar-refractivity contribution in [1.82, 2.24) is 24.6 Å². The van der Waals surface area contributed by atoms with Crippen molar-refractivity contribution in [3.63, 3.8) is 0 Å². The third-order valence-corrected chi connectivity index (χ3v) is 5.33. The van der Waals surface area contributed by atoms with E-state index >= 15 is 0 Å². The molecule has 0 saturated carbocycles. The monoisotopic (exact) mass is 376 g/mol. The Hall–Kier alpha value is -2.77. The molecular formula is C21H24N6O. The zero-order chi connectivity index (χ0) is 19.1. The van der Waals surface area contributed by atoms with Gasteiger partial charge < -0.3 is 9.64 Å². The van der Waals surface area contributed by atoms with Crippen LogP contribution in [-0.4, -0.2) is 58.0 Å². The van der Waals surface area contributed by atoms with Crippen LogP contribution < -0.4 is 4.90 Å². The Kier molecular flexibility index (Phi) is 4.33. The number of aromatic nitrogens is 4. The second kappa shape index (κ2) is 7.00. The number of anilines is 1. The van der Waals surface area contributed by atoms with Gasteiger partial charge in [-0.2, -0.15) is 10.1 Å². The first-order valence-electron chi connectivity index (χ1n) is 9.71. The van der Waals surface area contributed by atoms with E-state index in [1.54, 1.807) is 4.68 Å². The van der Waals surface area contributed by atoms with Gasteiger partial charge in [-0.05, 0) is 26.1 Å². The standard InChI is InChI=1S/C21H24N6O/c1-15-4-3-5-16(12-15)18-6-7-27(24-18)21-22-19-14-25(2)13-17(19)20(23-21)26-8-10-28-11-9-26/h3-7,12H,8-11,13-14H2,1-2H3. The van der Waals surface area contributed by atoms with Gasteiger partial charge in [0.15, 0.2) is 0 Å². The Bertz CT molecular complexity index is 1010. The molecule has 0 atom stereocenters. The third-order valence-electron chi connectivity index (χ3n) is 5.33. The fourth-order valence-corrected chi connectivity index (χ4v) is 3.91. The number of morpholine rings is 1. The molecule has 7 nitrogen and oxygen atoms in total. The Labute approximate surface area is 164 Å². The largest absolute Gasteiger partial charge is 0.378 e. The molecule has 0 bridgehead atoms. The average molecular weight is 376 g/mol. The Morgan fingerprint density at radius 2 is 1.89 bits per heavy atom. The summed E-state index contributed by atoms with van der Waals surface area (Å²) in [6.45, 7) is 7.02. The van der Waals surface area contributed by atoms with Crippen LogP contribution in [0.4, 0.5) is 5.82 Å². The Morgan fingerprint density at radius 3 is 2.71 bits per heavy atom. The fraction of sp³-hybridized carbons (Fsp3) is 0.381. The van der Waals surface area contributed by atoms with E-state index in [-0.39, 0.29) is 0 Å². The molecule has 3 aromatic rings. The number of nitrogens with zero attached hydrogens (tertiary/aromatic N) is 6. The highest BCUT2D eigenvalue weighted by atomic mass is 16.5. The average Bonchev–Trinajstić information content (AvgIpc) is 3.34. The lowest BCUT2D eigenvalue weighted by Gasteiger charge is -2.29. The third kappa shape index (κ3) is 3.16. The van der Waals surface area contributed by atoms with Crippen LogP contribution in [0, 0.1) is 6.92 Å². The molecule has 28 heavy (non-hydrogen) atoms. The fourth-order valence-electron chi connectivity index (χ4n) is 3.91. The molecule has 7 heteroatoms. The SMILES string of the molecule is Cc1cccc(-c2ccn(-c3nc4c(c(N5CCOCC5)n3)CN(C)C4)n2)c1. The number of rotatable bonds is 3. The van der Waals surface area contributed by atoms with Crippen LogP contribution in [-0.2, 0) is 17.8 Å². The predicted octanol–water partition coefficient (Wildman–Crippen LogP) is 2.42. The topological polar surface area (TPSA) is 59.3 Å². The smallest absolute Gasteiger partial charge is 0.252 e. The summed E-state index contributed by atoms with van der Waals surface area (Å²) in [6.07, 6.45) is 1.95. The molecule has 144 valence electrons. The number of hydrogen-bond donors (Lipinski definition) is 0. The van der Waals surface area contributed by atoms with Gasteiger partial charge in [0.2, 0.25) is 0 Å². The summed E-state index contributed by atoms with van der Waals surface area (Å²) in [6, 6.07) is 10.4. The van der Waals surface area contributed by atoms with Gasteiger partial charge in [0.25, 0.3) is 5.95 Å². The highest BCUT2D eigenvalue weighted by Gasteiger charge is 2.27. The van der Waals surface area contributed by atoms with E-state index in [9.17, 15) is 0 Å². The number of fused-ring (bicyclic) bond motifs is 1. The Balaban J connectivity index is 1.55. The second-order valence-corrected chi connectivity index (χ2v) is 7.56. The second-order valence-electron chi connectivity index (χ2n) is 7.56. The van der Waals surface area contributed by atoms with E-state index in [2.05, 4.69) is 48.0 Å². The van der Waals surface area contributed by atoms with Crippen molar-refractivity contribution < 1.29 is 4.74 Å². The molecule has 0 N–H and O–H groups in total. The molecule has 0 aliphatic carbocycles. The molecule has 1 fully saturated rings. The molecule has 2 aliphatic rings. The lowest BCUT2D eigenvalue weighted by Crippen LogP contribution is -2.37. The molecule has 2 aliphatic heterocycles. The van der Waals surface area contributed by atoms with Crippen molar-refractivity contribution in [3.05, 3.63) is 53.3 Å². The van der Waals surface area contributed by atoms with Gasteiger partial charge in [-0.1, -0.05) is 23.8 Å². The first-order valence-corrected chi connectivity index (χ1v) is 9.71. The zero-order valence-electron chi connectivity index (χ0n) is 16.3. The normalized spacial score (nSPS) is 17.1. The molecular weight excluding hydrogens is 352 g/mol. The van der Waals surface area contributed by atoms with Crippen molar-refractivity contribution in [3.8, 4) is 17.2 Å². The molecule has 0 radical (unpaired) electrons. The molecule has 0 unspecified atom stereocenters. The van der Waals surface area contributed by atoms with Crippen molar-refractivity contribution in [2.24, 2.45) is 0 Å². The summed E-state index contributed by atoms with van der Waals surface area (Å²) in [7, 11) is 2.12. The van der Waals surface area contributed by atoms with E-state index in [1.165, 1.54) is 11.1 Å². The number of hydrogen-bond acceptors (Lipinski definition) is 6. The van der Waals surface area contributed by atoms with Gasteiger partial charge in [-0.15, -0.1) is 0 Å². The summed E-state index contributed by atoms with van der Waals surface area (Å²) in [4.78, 5) is 14.4. The molecule has 0 amide bonds. The first kappa shape index (κ1) is 17.3. The van der Waals surface area contributed by atoms with Gasteiger partial charge in [-0.3, -0.25) is 4.90 Å². The maximum atomic E-state index is 5.53. The number of benzene rings is 1. The maximum absolute atomic E-state index is 5.53. The number of aryl methyl sites for hydroxylation is 1. The maximum Gasteiger partial charge on any atom is 0.252 e. The first-order chi connectivity index (χ1) is 13.7. The zero-order valence-corrected chi connectivity index (χ0v) is 16.3. The summed E-state index contributed by atoms with van der Waals surface area (Å²) >= 11 is 0. The van der Waals surface area contributed by atoms with Crippen molar-refractivity contribution in [2.75, 3.05) is 38.3 Å². The molecule has 0 spiro atoms. The van der Waals surface area contributed by atoms with Crippen molar-refractivity contribution >= 4 is 5.82 Å². The van der Waals surface area contributed by atoms with Gasteiger partial charge >= 0.3 is 0 Å². The van der Waals surface area contributed by atoms with Gasteiger partial charge in [0, 0.05) is 43.5 Å². The van der Waals surface area contributed by atoms with Gasteiger partial charge in [-0.25, -0.2) is 9.67 Å². The van der Waals surface area contributed by atoms with Crippen LogP contribution in [0.15, 0.2) is 36.5 Å². The highest BCUT2D eigenvalue weighted by molar-refractivity contribution is 5.60. The molecule has 5 rings (SSSR count). The Morgan fingerprint density at radius 1 is 1.04 bits per heavy atom. The van der Waals surface area contributed by atoms with Crippen molar-refractivity contribution in [2.45, 2.75) is 20.0 Å². The van der Waals surface area contributed by atoms with Crippen LogP contribution in [0.25, 0.3) is 17.2 Å². The van der Waals surface area contributed by atoms with Crippen LogP contribution in [0.1, 0.15) is 16.8 Å². The van der Waals surface area contributed by atoms with Crippen LogP contribution in [0.2, 0.25) is 0 Å². The van der Waals surface area contributed by atoms with E-state index in [1.807, 2.05) is 12.3 Å². The molecule has 1 aromatic carbocycles. The van der Waals surface area contributed by atoms with E-state index in [0.29, 0.717) is 5.95 Å². The van der Waals surface area contributed by atoms with E-state index < -0.39 is 0 Å². The lowest BCUT2D eigenvalue weighted by molar-refractivity contribution is 0.122. The summed E-state index contributed by atoms with van der Waals surface area (Å²) in [5.74, 6) is 1.66. The summed E-state index contributed by atoms with van der Waals surface area (Å²) in [5.41, 5.74) is 5.59. The summed E-state index contributed by atoms with van der Waals surface area (Å²) < 4.78 is 7.32. The van der Waals surface area contributed by atoms with Crippen LogP contribution in [0.3, 0.4) is 0 Å².